The third-order valence-electron chi connectivity index (χ3n) is 6.30. The van der Waals surface area contributed by atoms with Gasteiger partial charge in [0.05, 0.1) is 5.02 Å². The molecule has 2 heterocycles. The number of aliphatic hydroxyl groups excluding tert-OH is 1. The summed E-state index contributed by atoms with van der Waals surface area (Å²) in [4.78, 5) is 21.7. The molecule has 0 unspecified atom stereocenters. The van der Waals surface area contributed by atoms with Gasteiger partial charge in [0.1, 0.15) is 12.4 Å². The monoisotopic (exact) mass is 413 g/mol. The molecule has 0 spiro atoms. The van der Waals surface area contributed by atoms with E-state index in [4.69, 9.17) is 11.6 Å². The number of benzene rings is 1. The van der Waals surface area contributed by atoms with Gasteiger partial charge < -0.3 is 10.0 Å². The second-order valence-corrected chi connectivity index (χ2v) is 8.71. The maximum absolute atomic E-state index is 12.3. The zero-order valence-electron chi connectivity index (χ0n) is 17.0. The number of Topliss-reactive ketones (excluding diaryl/α,β-unsaturated/α-hetero) is 1. The molecule has 1 aromatic heterocycles. The van der Waals surface area contributed by atoms with Crippen molar-refractivity contribution >= 4 is 23.2 Å². The molecule has 1 aliphatic heterocycles. The number of aliphatic hydroxyl groups is 1. The summed E-state index contributed by atoms with van der Waals surface area (Å²) in [6.07, 6.45) is 1.86. The molecule has 4 rings (SSSR count). The van der Waals surface area contributed by atoms with Gasteiger partial charge in [0.2, 0.25) is 0 Å². The van der Waals surface area contributed by atoms with Crippen molar-refractivity contribution < 1.29 is 9.90 Å². The molecule has 2 aliphatic rings. The van der Waals surface area contributed by atoms with Gasteiger partial charge in [-0.2, -0.15) is 0 Å². The summed E-state index contributed by atoms with van der Waals surface area (Å²) in [5.41, 5.74) is 2.09. The summed E-state index contributed by atoms with van der Waals surface area (Å²) in [5.74, 6) is 0.596. The third-order valence-corrected chi connectivity index (χ3v) is 6.58. The first-order valence-electron chi connectivity index (χ1n) is 10.3. The lowest BCUT2D eigenvalue weighted by molar-refractivity contribution is -0.123. The molecule has 1 saturated heterocycles. The highest BCUT2D eigenvalue weighted by atomic mass is 35.5. The van der Waals surface area contributed by atoms with Crippen LogP contribution in [-0.4, -0.2) is 59.6 Å². The fourth-order valence-electron chi connectivity index (χ4n) is 4.63. The number of rotatable bonds is 6. The van der Waals surface area contributed by atoms with Crippen molar-refractivity contribution in [1.29, 1.82) is 0 Å². The summed E-state index contributed by atoms with van der Waals surface area (Å²) in [6, 6.07) is 12.5. The van der Waals surface area contributed by atoms with E-state index >= 15 is 0 Å². The lowest BCUT2D eigenvalue weighted by atomic mass is 10.1. The van der Waals surface area contributed by atoms with Crippen molar-refractivity contribution in [3.8, 4) is 0 Å². The van der Waals surface area contributed by atoms with Crippen LogP contribution in [0.4, 0.5) is 5.82 Å². The highest BCUT2D eigenvalue weighted by molar-refractivity contribution is 6.33. The van der Waals surface area contributed by atoms with Gasteiger partial charge in [0.15, 0.2) is 5.78 Å². The summed E-state index contributed by atoms with van der Waals surface area (Å²) in [7, 11) is 0. The van der Waals surface area contributed by atoms with Gasteiger partial charge in [-0.1, -0.05) is 41.9 Å². The number of nitrogens with zero attached hydrogens (tertiary/aromatic N) is 3. The largest absolute Gasteiger partial charge is 0.389 e. The molecule has 1 N–H and O–H groups in total. The smallest absolute Gasteiger partial charge is 0.162 e. The van der Waals surface area contributed by atoms with Crippen LogP contribution in [0.2, 0.25) is 5.02 Å². The molecule has 0 amide bonds. The van der Waals surface area contributed by atoms with Crippen molar-refractivity contribution in [2.45, 2.75) is 31.7 Å². The van der Waals surface area contributed by atoms with E-state index in [1.165, 1.54) is 0 Å². The number of pyridine rings is 1. The van der Waals surface area contributed by atoms with E-state index in [1.54, 1.807) is 0 Å². The maximum atomic E-state index is 12.3. The Bertz CT molecular complexity index is 866. The zero-order valence-corrected chi connectivity index (χ0v) is 17.7. The number of halogens is 1. The zero-order chi connectivity index (χ0) is 20.5. The van der Waals surface area contributed by atoms with E-state index in [0.29, 0.717) is 11.1 Å². The average Bonchev–Trinajstić information content (AvgIpc) is 3.49. The normalized spacial score (nSPS) is 24.7. The minimum atomic E-state index is -0.427. The van der Waals surface area contributed by atoms with Crippen molar-refractivity contribution in [2.75, 3.05) is 37.7 Å². The van der Waals surface area contributed by atoms with Crippen LogP contribution in [0.5, 0.6) is 0 Å². The number of hydrogen-bond acceptors (Lipinski definition) is 5. The van der Waals surface area contributed by atoms with Crippen molar-refractivity contribution in [3.05, 3.63) is 58.7 Å². The molecule has 1 aliphatic carbocycles. The highest BCUT2D eigenvalue weighted by Crippen LogP contribution is 2.61. The van der Waals surface area contributed by atoms with E-state index in [0.717, 1.165) is 43.1 Å². The Labute approximate surface area is 177 Å². The van der Waals surface area contributed by atoms with Crippen LogP contribution in [-0.2, 0) is 4.79 Å². The molecule has 2 fully saturated rings. The fraction of sp³-hybridized carbons (Fsp3) is 0.478. The van der Waals surface area contributed by atoms with Crippen molar-refractivity contribution in [1.82, 2.24) is 9.88 Å². The molecule has 6 heteroatoms. The Kier molecular flexibility index (Phi) is 5.91. The van der Waals surface area contributed by atoms with Gasteiger partial charge in [-0.25, -0.2) is 4.98 Å². The number of carbonyl (C=O) groups excluding carboxylic acids is 1. The Morgan fingerprint density at radius 3 is 2.38 bits per heavy atom. The van der Waals surface area contributed by atoms with Gasteiger partial charge in [0.25, 0.3) is 0 Å². The van der Waals surface area contributed by atoms with Gasteiger partial charge in [-0.05, 0) is 31.0 Å². The van der Waals surface area contributed by atoms with E-state index in [1.807, 2.05) is 42.6 Å². The minimum absolute atomic E-state index is 0.0221. The molecule has 1 aromatic carbocycles. The Morgan fingerprint density at radius 2 is 1.79 bits per heavy atom. The molecular weight excluding hydrogens is 386 g/mol. The summed E-state index contributed by atoms with van der Waals surface area (Å²) >= 11 is 6.64. The van der Waals surface area contributed by atoms with Crippen LogP contribution in [0.25, 0.3) is 0 Å². The first kappa shape index (κ1) is 20.3. The van der Waals surface area contributed by atoms with E-state index in [9.17, 15) is 9.90 Å². The third kappa shape index (κ3) is 4.04. The van der Waals surface area contributed by atoms with Crippen LogP contribution in [0.1, 0.15) is 36.8 Å². The fourth-order valence-corrected chi connectivity index (χ4v) is 4.93. The predicted molar refractivity (Wildman–Crippen MR) is 116 cm³/mol. The molecule has 3 atom stereocenters. The summed E-state index contributed by atoms with van der Waals surface area (Å²) in [5, 5.41) is 10.0. The van der Waals surface area contributed by atoms with E-state index in [-0.39, 0.29) is 23.5 Å². The Hall–Kier alpha value is -1.95. The molecule has 29 heavy (non-hydrogen) atoms. The molecule has 154 valence electrons. The number of aromatic nitrogens is 1. The SMILES string of the molecule is CC(C)N1CCN(c2ncc([C@H]3[C@H](C(=O)CO)[C@@H]3c3ccccc3)cc2Cl)CC1. The van der Waals surface area contributed by atoms with Crippen molar-refractivity contribution in [3.63, 3.8) is 0 Å². The molecule has 5 nitrogen and oxygen atoms in total. The van der Waals surface area contributed by atoms with Gasteiger partial charge in [-0.3, -0.25) is 9.69 Å². The summed E-state index contributed by atoms with van der Waals surface area (Å²) in [6.45, 7) is 7.84. The number of anilines is 1. The first-order valence-corrected chi connectivity index (χ1v) is 10.7. The van der Waals surface area contributed by atoms with Crippen LogP contribution in [0.15, 0.2) is 42.6 Å². The van der Waals surface area contributed by atoms with Gasteiger partial charge >= 0.3 is 0 Å². The summed E-state index contributed by atoms with van der Waals surface area (Å²) < 4.78 is 0. The Morgan fingerprint density at radius 1 is 1.14 bits per heavy atom. The van der Waals surface area contributed by atoms with E-state index < -0.39 is 6.61 Å². The molecule has 1 saturated carbocycles. The highest BCUT2D eigenvalue weighted by Gasteiger charge is 2.55. The number of hydrogen-bond donors (Lipinski definition) is 1. The molecular formula is C23H28ClN3O2. The van der Waals surface area contributed by atoms with E-state index in [2.05, 4.69) is 28.6 Å². The lowest BCUT2D eigenvalue weighted by Gasteiger charge is -2.37. The molecule has 2 aromatic rings. The first-order chi connectivity index (χ1) is 14.0. The lowest BCUT2D eigenvalue weighted by Crippen LogP contribution is -2.49. The molecule has 0 radical (unpaired) electrons. The average molecular weight is 414 g/mol. The number of carbonyl (C=O) groups is 1. The maximum Gasteiger partial charge on any atom is 0.162 e. The van der Waals surface area contributed by atoms with Gasteiger partial charge in [0, 0.05) is 56.2 Å². The van der Waals surface area contributed by atoms with Crippen LogP contribution in [0, 0.1) is 5.92 Å². The standard InChI is InChI=1S/C23H28ClN3O2/c1-15(2)26-8-10-27(11-9-26)23-18(24)12-17(13-25-23)21-20(22(21)19(29)14-28)16-6-4-3-5-7-16/h3-7,12-13,15,20-22,28H,8-11,14H2,1-2H3/t20-,21-,22-/m1/s1. The quantitative estimate of drug-likeness (QED) is 0.787. The van der Waals surface area contributed by atoms with Crippen LogP contribution in [0.3, 0.4) is 0 Å². The second kappa shape index (κ2) is 8.42. The minimum Gasteiger partial charge on any atom is -0.389 e. The number of piperazine rings is 1. The predicted octanol–water partition coefficient (Wildman–Crippen LogP) is 3.32. The van der Waals surface area contributed by atoms with Crippen LogP contribution >= 0.6 is 11.6 Å². The van der Waals surface area contributed by atoms with Gasteiger partial charge in [-0.15, -0.1) is 0 Å². The second-order valence-electron chi connectivity index (χ2n) is 8.30. The number of ketones is 1. The topological polar surface area (TPSA) is 56.7 Å². The van der Waals surface area contributed by atoms with Crippen LogP contribution < -0.4 is 4.90 Å². The molecule has 0 bridgehead atoms. The van der Waals surface area contributed by atoms with Crippen molar-refractivity contribution in [2.24, 2.45) is 5.92 Å². The Balaban J connectivity index is 1.53.